The average molecular weight is 245 g/mol. The molecule has 1 aromatic heterocycles. The van der Waals surface area contributed by atoms with Gasteiger partial charge in [-0.3, -0.25) is 4.98 Å². The number of hydrogen-bond donors (Lipinski definition) is 3. The molecule has 0 amide bonds. The smallest absolute Gasteiger partial charge is 0.0727 e. The van der Waals surface area contributed by atoms with Crippen LogP contribution in [-0.2, 0) is 0 Å². The zero-order valence-corrected chi connectivity index (χ0v) is 10.8. The van der Waals surface area contributed by atoms with Gasteiger partial charge in [-0.05, 0) is 37.1 Å². The van der Waals surface area contributed by atoms with E-state index in [-0.39, 0.29) is 12.5 Å². The van der Waals surface area contributed by atoms with Crippen molar-refractivity contribution in [2.24, 2.45) is 5.92 Å². The number of nitrogens with zero attached hydrogens (tertiary/aromatic N) is 1. The number of nitrogen functional groups attached to an aromatic ring is 1. The molecular formula is C14H19N3O. The first kappa shape index (κ1) is 12.6. The minimum atomic E-state index is 0.178. The van der Waals surface area contributed by atoms with Gasteiger partial charge in [0.2, 0.25) is 0 Å². The van der Waals surface area contributed by atoms with E-state index in [2.05, 4.69) is 10.3 Å². The van der Waals surface area contributed by atoms with E-state index in [1.54, 1.807) is 0 Å². The summed E-state index contributed by atoms with van der Waals surface area (Å²) in [6.07, 6.45) is 0. The lowest BCUT2D eigenvalue weighted by Crippen LogP contribution is -2.14. The molecule has 0 aliphatic carbocycles. The quantitative estimate of drug-likeness (QED) is 0.722. The van der Waals surface area contributed by atoms with Crippen molar-refractivity contribution in [3.05, 3.63) is 30.0 Å². The average Bonchev–Trinajstić information content (AvgIpc) is 2.36. The highest BCUT2D eigenvalue weighted by atomic mass is 16.3. The molecule has 0 saturated heterocycles. The zero-order chi connectivity index (χ0) is 13.1. The van der Waals surface area contributed by atoms with Gasteiger partial charge >= 0.3 is 0 Å². The fraction of sp³-hybridized carbons (Fsp3) is 0.357. The van der Waals surface area contributed by atoms with Crippen LogP contribution in [-0.4, -0.2) is 23.2 Å². The number of anilines is 2. The number of benzene rings is 1. The van der Waals surface area contributed by atoms with Crippen molar-refractivity contribution < 1.29 is 5.11 Å². The van der Waals surface area contributed by atoms with Crippen LogP contribution in [0.15, 0.2) is 24.3 Å². The monoisotopic (exact) mass is 245 g/mol. The van der Waals surface area contributed by atoms with Crippen LogP contribution >= 0.6 is 0 Å². The number of aliphatic hydroxyl groups excluding tert-OH is 1. The molecule has 4 heteroatoms. The Morgan fingerprint density at radius 1 is 1.39 bits per heavy atom. The van der Waals surface area contributed by atoms with Gasteiger partial charge in [0.05, 0.1) is 5.52 Å². The summed E-state index contributed by atoms with van der Waals surface area (Å²) >= 11 is 0. The van der Waals surface area contributed by atoms with Gasteiger partial charge < -0.3 is 16.2 Å². The minimum Gasteiger partial charge on any atom is -0.399 e. The van der Waals surface area contributed by atoms with Gasteiger partial charge in [0.15, 0.2) is 0 Å². The SMILES string of the molecule is Cc1cc(NCC(C)CO)c2cc(N)ccc2n1. The summed E-state index contributed by atoms with van der Waals surface area (Å²) in [5.41, 5.74) is 9.46. The Morgan fingerprint density at radius 3 is 2.89 bits per heavy atom. The molecule has 0 saturated carbocycles. The molecule has 0 fully saturated rings. The van der Waals surface area contributed by atoms with E-state index in [4.69, 9.17) is 10.8 Å². The Hall–Kier alpha value is -1.81. The summed E-state index contributed by atoms with van der Waals surface area (Å²) in [5.74, 6) is 0.217. The van der Waals surface area contributed by atoms with E-state index in [1.165, 1.54) is 0 Å². The summed E-state index contributed by atoms with van der Waals surface area (Å²) in [5, 5.41) is 13.4. The van der Waals surface area contributed by atoms with Crippen molar-refractivity contribution in [1.82, 2.24) is 4.98 Å². The highest BCUT2D eigenvalue weighted by molar-refractivity contribution is 5.93. The number of nitrogens with one attached hydrogen (secondary N) is 1. The highest BCUT2D eigenvalue weighted by Gasteiger charge is 2.06. The lowest BCUT2D eigenvalue weighted by molar-refractivity contribution is 0.244. The lowest BCUT2D eigenvalue weighted by Gasteiger charge is -2.14. The fourth-order valence-electron chi connectivity index (χ4n) is 1.87. The molecule has 0 radical (unpaired) electrons. The first-order valence-corrected chi connectivity index (χ1v) is 6.11. The molecule has 0 spiro atoms. The molecule has 4 nitrogen and oxygen atoms in total. The number of aryl methyl sites for hydroxylation is 1. The largest absolute Gasteiger partial charge is 0.399 e. The molecule has 1 aromatic carbocycles. The number of fused-ring (bicyclic) bond motifs is 1. The Kier molecular flexibility index (Phi) is 3.67. The molecule has 18 heavy (non-hydrogen) atoms. The molecule has 4 N–H and O–H groups in total. The van der Waals surface area contributed by atoms with E-state index in [9.17, 15) is 0 Å². The third-order valence-corrected chi connectivity index (χ3v) is 2.91. The summed E-state index contributed by atoms with van der Waals surface area (Å²) in [6, 6.07) is 7.72. The molecular weight excluding hydrogens is 226 g/mol. The van der Waals surface area contributed by atoms with Crippen LogP contribution in [0.5, 0.6) is 0 Å². The summed E-state index contributed by atoms with van der Waals surface area (Å²) in [4.78, 5) is 4.48. The van der Waals surface area contributed by atoms with Crippen LogP contribution < -0.4 is 11.1 Å². The van der Waals surface area contributed by atoms with Crippen molar-refractivity contribution >= 4 is 22.3 Å². The van der Waals surface area contributed by atoms with Crippen LogP contribution in [0.3, 0.4) is 0 Å². The molecule has 1 atom stereocenters. The molecule has 0 bridgehead atoms. The van der Waals surface area contributed by atoms with Crippen LogP contribution in [0.4, 0.5) is 11.4 Å². The Balaban J connectivity index is 2.38. The van der Waals surface area contributed by atoms with Gasteiger partial charge in [-0.15, -0.1) is 0 Å². The third-order valence-electron chi connectivity index (χ3n) is 2.91. The summed E-state index contributed by atoms with van der Waals surface area (Å²) in [6.45, 7) is 4.87. The van der Waals surface area contributed by atoms with Gasteiger partial charge in [0.25, 0.3) is 0 Å². The summed E-state index contributed by atoms with van der Waals surface area (Å²) in [7, 11) is 0. The Morgan fingerprint density at radius 2 is 2.17 bits per heavy atom. The van der Waals surface area contributed by atoms with E-state index in [0.29, 0.717) is 0 Å². The van der Waals surface area contributed by atoms with Gasteiger partial charge in [0.1, 0.15) is 0 Å². The van der Waals surface area contributed by atoms with Crippen molar-refractivity contribution in [3.8, 4) is 0 Å². The van der Waals surface area contributed by atoms with Crippen LogP contribution in [0, 0.1) is 12.8 Å². The summed E-state index contributed by atoms with van der Waals surface area (Å²) < 4.78 is 0. The number of hydrogen-bond acceptors (Lipinski definition) is 4. The second-order valence-electron chi connectivity index (χ2n) is 4.76. The van der Waals surface area contributed by atoms with E-state index >= 15 is 0 Å². The Bertz CT molecular complexity index is 554. The van der Waals surface area contributed by atoms with Crippen molar-refractivity contribution in [1.29, 1.82) is 0 Å². The highest BCUT2D eigenvalue weighted by Crippen LogP contribution is 2.25. The normalized spacial score (nSPS) is 12.6. The standard InChI is InChI=1S/C14H19N3O/c1-9(8-18)7-16-14-5-10(2)17-13-4-3-11(15)6-12(13)14/h3-6,9,18H,7-8,15H2,1-2H3,(H,16,17). The maximum Gasteiger partial charge on any atom is 0.0727 e. The number of aliphatic hydroxyl groups is 1. The molecule has 2 rings (SSSR count). The molecule has 2 aromatic rings. The fourth-order valence-corrected chi connectivity index (χ4v) is 1.87. The number of rotatable bonds is 4. The molecule has 0 aliphatic rings. The lowest BCUT2D eigenvalue weighted by atomic mass is 10.1. The number of aromatic nitrogens is 1. The van der Waals surface area contributed by atoms with Gasteiger partial charge in [0, 0.05) is 35.6 Å². The number of pyridine rings is 1. The van der Waals surface area contributed by atoms with Crippen molar-refractivity contribution in [2.45, 2.75) is 13.8 Å². The van der Waals surface area contributed by atoms with E-state index in [0.717, 1.165) is 34.5 Å². The predicted octanol–water partition coefficient (Wildman–Crippen LogP) is 2.17. The maximum atomic E-state index is 9.05. The molecule has 1 unspecified atom stereocenters. The van der Waals surface area contributed by atoms with Crippen LogP contribution in [0.2, 0.25) is 0 Å². The van der Waals surface area contributed by atoms with E-state index < -0.39 is 0 Å². The first-order chi connectivity index (χ1) is 8.60. The maximum absolute atomic E-state index is 9.05. The zero-order valence-electron chi connectivity index (χ0n) is 10.8. The first-order valence-electron chi connectivity index (χ1n) is 6.11. The predicted molar refractivity (Wildman–Crippen MR) is 75.6 cm³/mol. The van der Waals surface area contributed by atoms with Gasteiger partial charge in [-0.2, -0.15) is 0 Å². The van der Waals surface area contributed by atoms with Crippen molar-refractivity contribution in [2.75, 3.05) is 24.2 Å². The second-order valence-corrected chi connectivity index (χ2v) is 4.76. The molecule has 0 aliphatic heterocycles. The number of nitrogens with two attached hydrogens (primary N) is 1. The molecule has 1 heterocycles. The third kappa shape index (κ3) is 2.71. The minimum absolute atomic E-state index is 0.178. The van der Waals surface area contributed by atoms with E-state index in [1.807, 2.05) is 38.1 Å². The Labute approximate surface area is 107 Å². The topological polar surface area (TPSA) is 71.2 Å². The van der Waals surface area contributed by atoms with Gasteiger partial charge in [-0.25, -0.2) is 0 Å². The molecule has 96 valence electrons. The van der Waals surface area contributed by atoms with Crippen LogP contribution in [0.25, 0.3) is 10.9 Å². The van der Waals surface area contributed by atoms with Crippen molar-refractivity contribution in [3.63, 3.8) is 0 Å². The second kappa shape index (κ2) is 5.23. The van der Waals surface area contributed by atoms with Gasteiger partial charge in [-0.1, -0.05) is 6.92 Å². The van der Waals surface area contributed by atoms with Crippen LogP contribution in [0.1, 0.15) is 12.6 Å².